The van der Waals surface area contributed by atoms with Crippen molar-refractivity contribution in [3.05, 3.63) is 141 Å². The molecule has 2 amide bonds. The minimum Gasteiger partial charge on any atom is -0.507 e. The summed E-state index contributed by atoms with van der Waals surface area (Å²) in [6.07, 6.45) is 0.979. The van der Waals surface area contributed by atoms with Crippen molar-refractivity contribution < 1.29 is 132 Å². The number of anilines is 5. The molecule has 26 N–H and O–H groups in total. The highest BCUT2D eigenvalue weighted by atomic mass is 31.2. The summed E-state index contributed by atoms with van der Waals surface area (Å²) < 4.78 is 39.3. The monoisotopic (exact) mass is 1750 g/mol. The number of ketones is 3. The van der Waals surface area contributed by atoms with Crippen molar-refractivity contribution in [2.24, 2.45) is 5.73 Å². The normalized spacial score (nSPS) is 18.1. The molecule has 5 heterocycles. The Bertz CT molecular complexity index is 5340. The molecule has 44 nitrogen and oxygen atoms in total. The van der Waals surface area contributed by atoms with E-state index in [-0.39, 0.29) is 119 Å². The van der Waals surface area contributed by atoms with Gasteiger partial charge < -0.3 is 129 Å². The number of carboxylic acids is 4. The van der Waals surface area contributed by atoms with Crippen LogP contribution in [0.25, 0.3) is 22.3 Å². The number of carboxylic acid groups (broad SMARTS) is 4. The number of ether oxygens (including phenoxy) is 3. The first-order valence-corrected chi connectivity index (χ1v) is 41.4. The third-order valence-electron chi connectivity index (χ3n) is 20.4. The molecule has 46 heteroatoms. The quantitative estimate of drug-likeness (QED) is 0.0164. The highest BCUT2D eigenvalue weighted by molar-refractivity contribution is 7.72. The number of benzene rings is 4. The molecule has 123 heavy (non-hydrogen) atoms. The molecule has 0 bridgehead atoms. The van der Waals surface area contributed by atoms with Crippen LogP contribution in [-0.2, 0) is 62.0 Å². The summed E-state index contributed by atoms with van der Waals surface area (Å²) in [5, 5.41) is 94.1. The molecule has 11 rings (SSSR count). The van der Waals surface area contributed by atoms with E-state index in [9.17, 15) is 82.9 Å². The summed E-state index contributed by atoms with van der Waals surface area (Å²) in [6.45, 7) is 7.75. The maximum Gasteiger partial charge on any atom is 0.369 e. The van der Waals surface area contributed by atoms with Gasteiger partial charge in [0.15, 0.2) is 51.8 Å². The second-order valence-corrected chi connectivity index (χ2v) is 33.2. The van der Waals surface area contributed by atoms with Gasteiger partial charge in [-0.1, -0.05) is 51.0 Å². The number of fused-ring (bicyclic) bond motifs is 5. The lowest BCUT2D eigenvalue weighted by atomic mass is 9.72. The first-order valence-electron chi connectivity index (χ1n) is 38.2. The summed E-state index contributed by atoms with van der Waals surface area (Å²) in [6, 6.07) is 14.2. The fourth-order valence-electron chi connectivity index (χ4n) is 13.5. The van der Waals surface area contributed by atoms with E-state index in [4.69, 9.17) is 77.8 Å². The van der Waals surface area contributed by atoms with Gasteiger partial charge in [0.05, 0.1) is 72.4 Å². The lowest BCUT2D eigenvalue weighted by Crippen LogP contribution is -2.52. The maximum absolute atomic E-state index is 13.6. The van der Waals surface area contributed by atoms with Crippen LogP contribution in [0.4, 0.5) is 29.2 Å². The van der Waals surface area contributed by atoms with Crippen molar-refractivity contribution in [1.29, 1.82) is 0 Å². The molecule has 9 atom stereocenters. The lowest BCUT2D eigenvalue weighted by Gasteiger charge is -2.42. The molecule has 8 aromatic rings. The minimum absolute atomic E-state index is 0.0101. The second kappa shape index (κ2) is 41.2. The largest absolute Gasteiger partial charge is 0.507 e. The second-order valence-electron chi connectivity index (χ2n) is 29.2. The number of hydrogen-bond donors (Lipinski definition) is 21. The van der Waals surface area contributed by atoms with Crippen molar-refractivity contribution in [1.82, 2.24) is 55.4 Å². The Labute approximate surface area is 700 Å². The fourth-order valence-corrected chi connectivity index (χ4v) is 15.6. The van der Waals surface area contributed by atoms with Crippen LogP contribution in [0.15, 0.2) is 79.1 Å². The van der Waals surface area contributed by atoms with E-state index in [1.807, 2.05) is 13.8 Å². The van der Waals surface area contributed by atoms with Crippen LogP contribution in [-0.4, -0.2) is 238 Å². The molecular weight excluding hydrogens is 1660 g/mol. The van der Waals surface area contributed by atoms with Crippen LogP contribution >= 0.6 is 15.2 Å². The zero-order chi connectivity index (χ0) is 91.1. The zero-order valence-corrected chi connectivity index (χ0v) is 69.1. The predicted molar refractivity (Wildman–Crippen MR) is 437 cm³/mol. The van der Waals surface area contributed by atoms with E-state index in [1.165, 1.54) is 50.6 Å². The van der Waals surface area contributed by atoms with E-state index >= 15 is 0 Å². The topological polar surface area (TPSA) is 751 Å². The molecule has 0 saturated carbocycles. The number of phenols is 2. The van der Waals surface area contributed by atoms with Gasteiger partial charge in [0.25, 0.3) is 16.9 Å². The number of aliphatic carboxylic acids is 4. The molecule has 1 saturated heterocycles. The number of Topliss-reactive ketones (excluding diaryl/α,β-unsaturated/α-hetero) is 1. The number of nitrogen functional groups attached to an aromatic ring is 4. The van der Waals surface area contributed by atoms with Gasteiger partial charge in [0.2, 0.25) is 17.7 Å². The average Bonchev–Trinajstić information content (AvgIpc) is 0.710. The number of nitrogens with two attached hydrogens (primary N) is 5. The molecule has 1 fully saturated rings. The number of unbranched alkanes of at least 4 members (excludes halogenated alkanes) is 2. The number of aliphatic hydroxyl groups excluding tert-OH is 1. The van der Waals surface area contributed by atoms with Gasteiger partial charge >= 0.3 is 39.1 Å². The highest BCUT2D eigenvalue weighted by Crippen LogP contribution is 2.69. The molecule has 2 unspecified atom stereocenters. The highest BCUT2D eigenvalue weighted by Gasteiger charge is 2.59. The predicted octanol–water partition coefficient (Wildman–Crippen LogP) is 3.14. The van der Waals surface area contributed by atoms with Crippen molar-refractivity contribution in [2.45, 2.75) is 177 Å². The van der Waals surface area contributed by atoms with E-state index in [0.717, 1.165) is 31.2 Å². The Morgan fingerprint density at radius 1 is 0.707 bits per heavy atom. The lowest BCUT2D eigenvalue weighted by molar-refractivity contribution is -0.247. The Morgan fingerprint density at radius 2 is 1.23 bits per heavy atom. The molecule has 0 spiro atoms. The van der Waals surface area contributed by atoms with Gasteiger partial charge in [-0.25, -0.2) is 29.5 Å². The molecule has 0 radical (unpaired) electrons. The number of nitrogens with one attached hydrogen (secondary N) is 3. The maximum atomic E-state index is 13.6. The fraction of sp³-hybridized carbons (Fsp3) is 0.416. The van der Waals surface area contributed by atoms with Crippen molar-refractivity contribution in [2.75, 3.05) is 55.5 Å². The number of aromatic hydroxyl groups is 2. The summed E-state index contributed by atoms with van der Waals surface area (Å²) in [5.41, 5.74) is 30.5. The Kier molecular flexibility index (Phi) is 32.3. The molecule has 4 aromatic carbocycles. The van der Waals surface area contributed by atoms with Crippen LogP contribution in [0, 0.1) is 0 Å². The SMILES string of the molecule is CCC(Cc1cnc2nc(N)nc(N)c2n1)c1ccc(C(=O)N[C@@H](CCC(=O)O)C(=O)O)cc1.CCCCCN(C)CCC(O)(P(=O)(O)O)P(=O)(O)O.COc1cccc2c1C(=O)c1c(O)c3c(c(O)c1C2=O)C[C@@](O)(C(C)=O)C[C@@H]3O[C@H]1C[C@H](N)[C@H](O)[C@H](C)O1.Nc1nc(N)c2nc(CNc3ccc(C(=O)NC(CCC(=O)O)C(=O)O)cc3)cnc2n1. The number of phenolic OH excluding ortho intramolecular Hbond substituents is 2. The van der Waals surface area contributed by atoms with Gasteiger partial charge in [-0.3, -0.25) is 42.7 Å². The summed E-state index contributed by atoms with van der Waals surface area (Å²) in [7, 11) is -7.66. The van der Waals surface area contributed by atoms with Crippen molar-refractivity contribution >= 4 is 120 Å². The van der Waals surface area contributed by atoms with E-state index in [2.05, 4.69) is 55.8 Å². The number of rotatable bonds is 32. The van der Waals surface area contributed by atoms with E-state index in [1.54, 1.807) is 61.5 Å². The smallest absolute Gasteiger partial charge is 0.369 e. The first kappa shape index (κ1) is 96.4. The third kappa shape index (κ3) is 23.8. The van der Waals surface area contributed by atoms with Crippen molar-refractivity contribution in [3.63, 3.8) is 0 Å². The number of carbonyl (C=O) groups is 9. The van der Waals surface area contributed by atoms with Crippen LogP contribution < -0.4 is 49.4 Å². The number of amides is 2. The molecule has 2 aliphatic carbocycles. The van der Waals surface area contributed by atoms with Gasteiger partial charge in [0, 0.05) is 84.6 Å². The number of aliphatic hydroxyl groups is 3. The minimum atomic E-state index is -5.33. The molecule has 1 aliphatic heterocycles. The zero-order valence-electron chi connectivity index (χ0n) is 67.3. The van der Waals surface area contributed by atoms with Crippen molar-refractivity contribution in [3.8, 4) is 17.2 Å². The first-order chi connectivity index (χ1) is 57.7. The average molecular weight is 1750 g/mol. The van der Waals surface area contributed by atoms with E-state index in [0.29, 0.717) is 53.3 Å². The van der Waals surface area contributed by atoms with Crippen LogP contribution in [0.3, 0.4) is 0 Å². The number of nitrogens with zero attached hydrogens (tertiary/aromatic N) is 9. The molecule has 3 aliphatic rings. The number of methoxy groups -OCH3 is 1. The van der Waals surface area contributed by atoms with E-state index < -0.39 is 157 Å². The molecule has 662 valence electrons. The molecule has 4 aromatic heterocycles. The van der Waals surface area contributed by atoms with Crippen LogP contribution in [0.2, 0.25) is 0 Å². The molecular formula is C77H97N17O27P2. The standard InChI is InChI=1S/C27H29NO10.C22H25N7O5.C19H20N8O5.C9H23NO7P2/c1-10-22(30)14(28)7-17(37-10)38-16-9-27(35,11(2)29)8-13-19(16)26(34)21-20(24(13)32)23(31)12-5-4-6-15(36-3)18(12)25(21)33;1-2-11(9-14-10-25-19-17(26-14)18(23)28-22(24)29-19)12-3-5-13(6-4-12)20(32)27-15(21(33)34)7-8-16(30)31;20-15-14-16(27-19(21)26-15)23-8-11(24-14)7-22-10-3-1-9(2-4-10)17(30)25-12(18(31)32)5-6-13(28)29;1-3-4-5-7-10(2)8-6-9(11,18(12,13)14)19(15,16)17/h4-6,10,14,16-17,22,30,32,34-35H,7-9,28H2,1-3H3;3-6,10-11,15H,2,7-9H2,1H3,(H,27,32)(H,30,31)(H,33,34)(H4,23,24,25,28,29);1-4,8,12,22H,5-7H2,(H,25,30)(H,28,29)(H,31,32)(H4,20,21,23,26,27);11H,3-8H2,1-2H3,(H2,12,13,14)(H2,15,16,17)/t10-,14-,16-,17-,22+,27-;11?,15-;;/m00../s1. The van der Waals surface area contributed by atoms with Gasteiger partial charge in [0.1, 0.15) is 34.9 Å². The summed E-state index contributed by atoms with van der Waals surface area (Å²) in [4.78, 5) is 179. The van der Waals surface area contributed by atoms with Gasteiger partial charge in [-0.2, -0.15) is 19.9 Å². The van der Waals surface area contributed by atoms with Gasteiger partial charge in [-0.05, 0) is 113 Å². The third-order valence-corrected chi connectivity index (χ3v) is 24.3. The number of hydrogen-bond acceptors (Lipinski definition) is 34. The number of aromatic nitrogens is 8. The Morgan fingerprint density at radius 3 is 1.72 bits per heavy atom. The van der Waals surface area contributed by atoms with Crippen LogP contribution in [0.1, 0.15) is 191 Å². The van der Waals surface area contributed by atoms with Gasteiger partial charge in [-0.15, -0.1) is 0 Å². The summed E-state index contributed by atoms with van der Waals surface area (Å²) in [5.74, 6) is -8.87. The Balaban J connectivity index is 0.000000209. The number of carbonyl (C=O) groups excluding carboxylic acids is 5. The van der Waals surface area contributed by atoms with Crippen LogP contribution in [0.5, 0.6) is 17.2 Å². The Hall–Kier alpha value is -12.0. The summed E-state index contributed by atoms with van der Waals surface area (Å²) >= 11 is 0.